The normalized spacial score (nSPS) is 10.4. The van der Waals surface area contributed by atoms with Gasteiger partial charge in [0.05, 0.1) is 20.8 Å². The molecule has 4 N–H and O–H groups in total. The van der Waals surface area contributed by atoms with Gasteiger partial charge in [0.25, 0.3) is 0 Å². The highest BCUT2D eigenvalue weighted by Crippen LogP contribution is 2.34. The quantitative estimate of drug-likeness (QED) is 0.456. The average Bonchev–Trinajstić information content (AvgIpc) is 2.38. The Morgan fingerprint density at radius 1 is 1.11 bits per heavy atom. The Balaban J connectivity index is 2.38. The molecule has 0 aliphatic carbocycles. The third kappa shape index (κ3) is 3.19. The van der Waals surface area contributed by atoms with Crippen molar-refractivity contribution in [1.29, 1.82) is 0 Å². The van der Waals surface area contributed by atoms with E-state index in [0.717, 1.165) is 5.56 Å². The van der Waals surface area contributed by atoms with Crippen molar-refractivity contribution in [3.8, 4) is 0 Å². The number of halogens is 3. The van der Waals surface area contributed by atoms with Gasteiger partial charge >= 0.3 is 0 Å². The van der Waals surface area contributed by atoms with Crippen LogP contribution in [-0.4, -0.2) is 9.97 Å². The Morgan fingerprint density at radius 3 is 2.47 bits per heavy atom. The number of rotatable bonds is 3. The smallest absolute Gasteiger partial charge is 0.239 e. The van der Waals surface area contributed by atoms with Crippen LogP contribution in [0.1, 0.15) is 5.56 Å². The highest BCUT2D eigenvalue weighted by Gasteiger charge is 2.09. The number of hydrogen-bond donors (Lipinski definition) is 3. The third-order valence-corrected chi connectivity index (χ3v) is 3.40. The molecule has 1 aromatic heterocycles. The second kappa shape index (κ2) is 5.79. The van der Waals surface area contributed by atoms with Gasteiger partial charge in [0, 0.05) is 11.8 Å². The van der Waals surface area contributed by atoms with Crippen molar-refractivity contribution < 1.29 is 0 Å². The van der Waals surface area contributed by atoms with Gasteiger partial charge in [0.1, 0.15) is 5.82 Å². The summed E-state index contributed by atoms with van der Waals surface area (Å²) < 4.78 is 0. The number of hydrogen-bond acceptors (Lipinski definition) is 5. The first-order valence-electron chi connectivity index (χ1n) is 5.23. The fourth-order valence-corrected chi connectivity index (χ4v) is 1.98. The maximum absolute atomic E-state index is 6.09. The predicted molar refractivity (Wildman–Crippen MR) is 79.3 cm³/mol. The number of hydrazine groups is 1. The zero-order chi connectivity index (χ0) is 14.0. The minimum Gasteiger partial charge on any atom is -0.339 e. The van der Waals surface area contributed by atoms with Gasteiger partial charge in [-0.05, 0) is 19.1 Å². The minimum atomic E-state index is 0.296. The van der Waals surface area contributed by atoms with E-state index in [9.17, 15) is 0 Å². The number of aryl methyl sites for hydroxylation is 1. The summed E-state index contributed by atoms with van der Waals surface area (Å²) in [6.07, 6.45) is 1.63. The van der Waals surface area contributed by atoms with Crippen LogP contribution >= 0.6 is 34.8 Å². The van der Waals surface area contributed by atoms with Crippen LogP contribution in [0.4, 0.5) is 17.5 Å². The van der Waals surface area contributed by atoms with Crippen molar-refractivity contribution in [3.63, 3.8) is 0 Å². The monoisotopic (exact) mass is 317 g/mol. The summed E-state index contributed by atoms with van der Waals surface area (Å²) in [6, 6.07) is 3.19. The van der Waals surface area contributed by atoms with Crippen LogP contribution < -0.4 is 16.6 Å². The zero-order valence-electron chi connectivity index (χ0n) is 9.84. The highest BCUT2D eigenvalue weighted by atomic mass is 35.5. The lowest BCUT2D eigenvalue weighted by molar-refractivity contribution is 1.09. The number of aromatic nitrogens is 2. The molecule has 0 radical (unpaired) electrons. The molecule has 1 aromatic carbocycles. The van der Waals surface area contributed by atoms with E-state index in [1.165, 1.54) is 0 Å². The van der Waals surface area contributed by atoms with E-state index in [4.69, 9.17) is 40.6 Å². The van der Waals surface area contributed by atoms with Crippen LogP contribution in [0.5, 0.6) is 0 Å². The van der Waals surface area contributed by atoms with E-state index in [1.807, 2.05) is 6.92 Å². The van der Waals surface area contributed by atoms with Gasteiger partial charge in [0.2, 0.25) is 5.95 Å². The van der Waals surface area contributed by atoms with Crippen molar-refractivity contribution >= 4 is 52.3 Å². The topological polar surface area (TPSA) is 75.9 Å². The molecule has 0 bridgehead atoms. The average molecular weight is 319 g/mol. The third-order valence-electron chi connectivity index (χ3n) is 2.36. The molecule has 0 aliphatic rings. The van der Waals surface area contributed by atoms with Gasteiger partial charge in [0.15, 0.2) is 0 Å². The predicted octanol–water partition coefficient (Wildman–Crippen LogP) is 3.77. The molecule has 1 heterocycles. The first kappa shape index (κ1) is 14.1. The Bertz CT molecular complexity index is 618. The molecule has 0 spiro atoms. The molecule has 0 unspecified atom stereocenters. The summed E-state index contributed by atoms with van der Waals surface area (Å²) in [7, 11) is 0. The second-order valence-corrected chi connectivity index (χ2v) is 4.96. The Hall–Kier alpha value is -1.27. The largest absolute Gasteiger partial charge is 0.339 e. The van der Waals surface area contributed by atoms with Crippen molar-refractivity contribution in [2.24, 2.45) is 5.84 Å². The zero-order valence-corrected chi connectivity index (χ0v) is 12.1. The molecule has 0 saturated heterocycles. The summed E-state index contributed by atoms with van der Waals surface area (Å²) in [6.45, 7) is 1.86. The van der Waals surface area contributed by atoms with Crippen LogP contribution in [0.25, 0.3) is 0 Å². The number of benzene rings is 1. The minimum absolute atomic E-state index is 0.296. The molecule has 0 aliphatic heterocycles. The molecular weight excluding hydrogens is 309 g/mol. The Kier molecular flexibility index (Phi) is 4.31. The number of nitrogens with two attached hydrogens (primary N) is 1. The molecular formula is C11H10Cl3N5. The fraction of sp³-hybridized carbons (Fsp3) is 0.0909. The van der Waals surface area contributed by atoms with Gasteiger partial charge in [-0.25, -0.2) is 10.8 Å². The Morgan fingerprint density at radius 2 is 1.79 bits per heavy atom. The number of anilines is 3. The lowest BCUT2D eigenvalue weighted by Gasteiger charge is -2.11. The van der Waals surface area contributed by atoms with E-state index in [0.29, 0.717) is 32.5 Å². The van der Waals surface area contributed by atoms with Crippen LogP contribution in [0.3, 0.4) is 0 Å². The summed E-state index contributed by atoms with van der Waals surface area (Å²) >= 11 is 17.9. The molecule has 0 atom stereocenters. The van der Waals surface area contributed by atoms with E-state index in [-0.39, 0.29) is 0 Å². The molecule has 8 heteroatoms. The van der Waals surface area contributed by atoms with Crippen molar-refractivity contribution in [2.75, 3.05) is 10.7 Å². The fourth-order valence-electron chi connectivity index (χ4n) is 1.38. The summed E-state index contributed by atoms with van der Waals surface area (Å²) in [4.78, 5) is 8.17. The molecule has 100 valence electrons. The Labute approximate surface area is 125 Å². The van der Waals surface area contributed by atoms with Crippen molar-refractivity contribution in [1.82, 2.24) is 9.97 Å². The molecule has 5 nitrogen and oxygen atoms in total. The highest BCUT2D eigenvalue weighted by molar-refractivity contribution is 6.44. The summed E-state index contributed by atoms with van der Waals surface area (Å²) in [5.74, 6) is 6.14. The maximum atomic E-state index is 6.09. The summed E-state index contributed by atoms with van der Waals surface area (Å²) in [5, 5.41) is 4.29. The molecule has 2 rings (SSSR count). The molecule has 0 fully saturated rings. The van der Waals surface area contributed by atoms with Gasteiger partial charge in [-0.2, -0.15) is 4.98 Å². The first-order valence-corrected chi connectivity index (χ1v) is 6.36. The van der Waals surface area contributed by atoms with Crippen LogP contribution in [0.2, 0.25) is 15.1 Å². The number of nitrogens with one attached hydrogen (secondary N) is 2. The first-order chi connectivity index (χ1) is 9.01. The van der Waals surface area contributed by atoms with Crippen LogP contribution in [0.15, 0.2) is 18.3 Å². The number of nitrogen functional groups attached to an aromatic ring is 1. The van der Waals surface area contributed by atoms with Gasteiger partial charge in [-0.1, -0.05) is 34.8 Å². The molecule has 2 aromatic rings. The number of nitrogens with zero attached hydrogens (tertiary/aromatic N) is 2. The standard InChI is InChI=1S/C11H10Cl3N5/c1-5-4-16-11(19-15)18-10(5)17-9-3-7(13)6(12)2-8(9)14/h2-4H,15H2,1H3,(H2,16,17,18,19). The second-order valence-electron chi connectivity index (χ2n) is 3.74. The molecule has 19 heavy (non-hydrogen) atoms. The SMILES string of the molecule is Cc1cnc(NN)nc1Nc1cc(Cl)c(Cl)cc1Cl. The molecule has 0 saturated carbocycles. The molecule has 0 amide bonds. The van der Waals surface area contributed by atoms with Crippen LogP contribution in [-0.2, 0) is 0 Å². The van der Waals surface area contributed by atoms with E-state index < -0.39 is 0 Å². The maximum Gasteiger partial charge on any atom is 0.239 e. The summed E-state index contributed by atoms with van der Waals surface area (Å²) in [5.41, 5.74) is 3.81. The van der Waals surface area contributed by atoms with Gasteiger partial charge in [-0.15, -0.1) is 0 Å². The van der Waals surface area contributed by atoms with Crippen LogP contribution in [0, 0.1) is 6.92 Å². The van der Waals surface area contributed by atoms with Crippen molar-refractivity contribution in [3.05, 3.63) is 39.0 Å². The van der Waals surface area contributed by atoms with E-state index in [2.05, 4.69) is 20.7 Å². The van der Waals surface area contributed by atoms with Gasteiger partial charge < -0.3 is 5.32 Å². The lowest BCUT2D eigenvalue weighted by atomic mass is 10.3. The van der Waals surface area contributed by atoms with E-state index >= 15 is 0 Å². The van der Waals surface area contributed by atoms with Crippen molar-refractivity contribution in [2.45, 2.75) is 6.92 Å². The van der Waals surface area contributed by atoms with E-state index in [1.54, 1.807) is 18.3 Å². The van der Waals surface area contributed by atoms with Gasteiger partial charge in [-0.3, -0.25) is 5.43 Å². The lowest BCUT2D eigenvalue weighted by Crippen LogP contribution is -2.11.